The summed E-state index contributed by atoms with van der Waals surface area (Å²) in [7, 11) is 0. The Labute approximate surface area is 122 Å². The largest absolute Gasteiger partial charge is 0.479 e. The van der Waals surface area contributed by atoms with Gasteiger partial charge in [-0.25, -0.2) is 9.31 Å². The summed E-state index contributed by atoms with van der Waals surface area (Å²) in [6.45, 7) is 2.29. The molecule has 0 aromatic carbocycles. The third kappa shape index (κ3) is 1.90. The molecule has 1 aliphatic rings. The van der Waals surface area contributed by atoms with Crippen LogP contribution in [0.1, 0.15) is 36.5 Å². The van der Waals surface area contributed by atoms with E-state index in [0.717, 1.165) is 0 Å². The molecule has 0 radical (unpaired) electrons. The Morgan fingerprint density at radius 3 is 2.95 bits per heavy atom. The highest BCUT2D eigenvalue weighted by Crippen LogP contribution is 2.34. The summed E-state index contributed by atoms with van der Waals surface area (Å²) in [6.07, 6.45) is 4.90. The van der Waals surface area contributed by atoms with Crippen LogP contribution in [0.2, 0.25) is 0 Å². The van der Waals surface area contributed by atoms with E-state index in [1.807, 2.05) is 25.1 Å². The van der Waals surface area contributed by atoms with Crippen molar-refractivity contribution < 1.29 is 14.7 Å². The Hall–Kier alpha value is -2.37. The molecule has 0 saturated carbocycles. The molecule has 110 valence electrons. The monoisotopic (exact) mass is 287 g/mol. The fraction of sp³-hybridized carbons (Fsp3) is 0.400. The van der Waals surface area contributed by atoms with Crippen molar-refractivity contribution in [2.45, 2.75) is 31.7 Å². The van der Waals surface area contributed by atoms with E-state index in [0.29, 0.717) is 36.9 Å². The van der Waals surface area contributed by atoms with E-state index in [4.69, 9.17) is 0 Å². The lowest BCUT2D eigenvalue weighted by Gasteiger charge is -2.33. The summed E-state index contributed by atoms with van der Waals surface area (Å²) >= 11 is 0. The number of likely N-dealkylation sites (tertiary alicyclic amines) is 1. The average Bonchev–Trinajstić information content (AvgIpc) is 3.11. The molecule has 1 aliphatic heterocycles. The summed E-state index contributed by atoms with van der Waals surface area (Å²) in [5.41, 5.74) is 0.0708. The zero-order valence-electron chi connectivity index (χ0n) is 11.8. The van der Waals surface area contributed by atoms with Crippen molar-refractivity contribution in [3.05, 3.63) is 36.2 Å². The number of pyridine rings is 1. The topological polar surface area (TPSA) is 74.9 Å². The zero-order chi connectivity index (χ0) is 15.0. The van der Waals surface area contributed by atoms with Crippen LogP contribution in [-0.4, -0.2) is 43.6 Å². The van der Waals surface area contributed by atoms with E-state index in [2.05, 4.69) is 5.10 Å². The SMILES string of the molecule is CCC1(C(=O)O)CCCN1C(=O)c1cnn2ccccc12. The number of aromatic nitrogens is 2. The first-order valence-electron chi connectivity index (χ1n) is 7.08. The smallest absolute Gasteiger partial charge is 0.329 e. The van der Waals surface area contributed by atoms with Crippen molar-refractivity contribution in [1.82, 2.24) is 14.5 Å². The van der Waals surface area contributed by atoms with Crippen molar-refractivity contribution in [1.29, 1.82) is 0 Å². The standard InChI is InChI=1S/C15H17N3O3/c1-2-15(14(20)21)7-5-8-17(15)13(19)11-10-16-18-9-4-3-6-12(11)18/h3-4,6,9-10H,2,5,7-8H2,1H3,(H,20,21). The molecule has 2 aromatic heterocycles. The first-order valence-corrected chi connectivity index (χ1v) is 7.08. The molecule has 1 unspecified atom stereocenters. The molecule has 3 heterocycles. The van der Waals surface area contributed by atoms with Crippen molar-refractivity contribution in [2.75, 3.05) is 6.54 Å². The second kappa shape index (κ2) is 4.87. The molecular weight excluding hydrogens is 270 g/mol. The highest BCUT2D eigenvalue weighted by Gasteiger charge is 2.49. The van der Waals surface area contributed by atoms with Gasteiger partial charge in [-0.1, -0.05) is 13.0 Å². The molecule has 1 N–H and O–H groups in total. The molecule has 0 spiro atoms. The summed E-state index contributed by atoms with van der Waals surface area (Å²) < 4.78 is 1.62. The van der Waals surface area contributed by atoms with Gasteiger partial charge in [-0.05, 0) is 31.4 Å². The van der Waals surface area contributed by atoms with Gasteiger partial charge < -0.3 is 10.0 Å². The molecule has 21 heavy (non-hydrogen) atoms. The molecule has 6 nitrogen and oxygen atoms in total. The fourth-order valence-corrected chi connectivity index (χ4v) is 3.16. The number of hydrogen-bond donors (Lipinski definition) is 1. The van der Waals surface area contributed by atoms with Gasteiger partial charge in [-0.3, -0.25) is 4.79 Å². The lowest BCUT2D eigenvalue weighted by molar-refractivity contribution is -0.148. The van der Waals surface area contributed by atoms with Crippen LogP contribution in [0.25, 0.3) is 5.52 Å². The minimum absolute atomic E-state index is 0.252. The minimum atomic E-state index is -1.08. The maximum atomic E-state index is 12.8. The van der Waals surface area contributed by atoms with Crippen LogP contribution in [-0.2, 0) is 4.79 Å². The highest BCUT2D eigenvalue weighted by atomic mass is 16.4. The number of hydrogen-bond acceptors (Lipinski definition) is 3. The minimum Gasteiger partial charge on any atom is -0.479 e. The molecular formula is C15H17N3O3. The highest BCUT2D eigenvalue weighted by molar-refractivity contribution is 6.03. The second-order valence-electron chi connectivity index (χ2n) is 5.34. The maximum Gasteiger partial charge on any atom is 0.329 e. The zero-order valence-corrected chi connectivity index (χ0v) is 11.8. The Morgan fingerprint density at radius 2 is 2.24 bits per heavy atom. The molecule has 2 aromatic rings. The fourth-order valence-electron chi connectivity index (χ4n) is 3.16. The van der Waals surface area contributed by atoms with Crippen LogP contribution < -0.4 is 0 Å². The lowest BCUT2D eigenvalue weighted by Crippen LogP contribution is -2.52. The summed E-state index contributed by atoms with van der Waals surface area (Å²) in [6, 6.07) is 5.48. The van der Waals surface area contributed by atoms with Gasteiger partial charge in [0.25, 0.3) is 5.91 Å². The Bertz CT molecular complexity index is 709. The van der Waals surface area contributed by atoms with Crippen molar-refractivity contribution >= 4 is 17.4 Å². The van der Waals surface area contributed by atoms with Gasteiger partial charge in [-0.2, -0.15) is 5.10 Å². The number of carboxylic acids is 1. The Balaban J connectivity index is 2.03. The quantitative estimate of drug-likeness (QED) is 0.934. The van der Waals surface area contributed by atoms with Crippen LogP contribution in [0.3, 0.4) is 0 Å². The van der Waals surface area contributed by atoms with Gasteiger partial charge in [0.2, 0.25) is 0 Å². The normalized spacial score (nSPS) is 21.9. The molecule has 1 amide bonds. The van der Waals surface area contributed by atoms with E-state index in [1.165, 1.54) is 11.1 Å². The predicted molar refractivity (Wildman–Crippen MR) is 76.1 cm³/mol. The van der Waals surface area contributed by atoms with Crippen molar-refractivity contribution in [3.63, 3.8) is 0 Å². The van der Waals surface area contributed by atoms with Crippen molar-refractivity contribution in [3.8, 4) is 0 Å². The maximum absolute atomic E-state index is 12.8. The number of nitrogens with zero attached hydrogens (tertiary/aromatic N) is 3. The third-order valence-electron chi connectivity index (χ3n) is 4.37. The predicted octanol–water partition coefficient (Wildman–Crippen LogP) is 1.80. The molecule has 6 heteroatoms. The van der Waals surface area contributed by atoms with Gasteiger partial charge in [0.1, 0.15) is 5.54 Å². The van der Waals surface area contributed by atoms with Crippen molar-refractivity contribution in [2.24, 2.45) is 0 Å². The number of aliphatic carboxylic acids is 1. The van der Waals surface area contributed by atoms with Crippen LogP contribution in [0.4, 0.5) is 0 Å². The second-order valence-corrected chi connectivity index (χ2v) is 5.34. The molecule has 0 aliphatic carbocycles. The summed E-state index contributed by atoms with van der Waals surface area (Å²) in [4.78, 5) is 26.0. The number of rotatable bonds is 3. The van der Waals surface area contributed by atoms with E-state index in [-0.39, 0.29) is 5.91 Å². The molecule has 1 fully saturated rings. The van der Waals surface area contributed by atoms with E-state index < -0.39 is 11.5 Å². The molecule has 0 bridgehead atoms. The Kier molecular flexibility index (Phi) is 3.16. The number of fused-ring (bicyclic) bond motifs is 1. The van der Waals surface area contributed by atoms with Gasteiger partial charge in [-0.15, -0.1) is 0 Å². The first-order chi connectivity index (χ1) is 10.1. The van der Waals surface area contributed by atoms with Crippen LogP contribution >= 0.6 is 0 Å². The molecule has 3 rings (SSSR count). The van der Waals surface area contributed by atoms with Gasteiger partial charge in [0.15, 0.2) is 0 Å². The first kappa shape index (κ1) is 13.6. The number of amides is 1. The van der Waals surface area contributed by atoms with Gasteiger partial charge in [0, 0.05) is 12.7 Å². The lowest BCUT2D eigenvalue weighted by atomic mass is 9.92. The van der Waals surface area contributed by atoms with Crippen LogP contribution in [0, 0.1) is 0 Å². The summed E-state index contributed by atoms with van der Waals surface area (Å²) in [5.74, 6) is -1.18. The van der Waals surface area contributed by atoms with Gasteiger partial charge >= 0.3 is 5.97 Å². The number of carboxylic acid groups (broad SMARTS) is 1. The summed E-state index contributed by atoms with van der Waals surface area (Å²) in [5, 5.41) is 13.7. The van der Waals surface area contributed by atoms with E-state index >= 15 is 0 Å². The van der Waals surface area contributed by atoms with E-state index in [9.17, 15) is 14.7 Å². The average molecular weight is 287 g/mol. The molecule has 1 atom stereocenters. The number of carbonyl (C=O) groups is 2. The molecule has 1 saturated heterocycles. The van der Waals surface area contributed by atoms with Crippen LogP contribution in [0.15, 0.2) is 30.6 Å². The van der Waals surface area contributed by atoms with Gasteiger partial charge in [0.05, 0.1) is 17.3 Å². The Morgan fingerprint density at radius 1 is 1.43 bits per heavy atom. The number of carbonyl (C=O) groups excluding carboxylic acids is 1. The van der Waals surface area contributed by atoms with Crippen LogP contribution in [0.5, 0.6) is 0 Å². The third-order valence-corrected chi connectivity index (χ3v) is 4.37. The van der Waals surface area contributed by atoms with E-state index in [1.54, 1.807) is 10.7 Å².